The maximum atomic E-state index is 13.2. The molecule has 11 heteroatoms. The van der Waals surface area contributed by atoms with E-state index in [0.29, 0.717) is 16.3 Å². The van der Waals surface area contributed by atoms with E-state index in [2.05, 4.69) is 5.32 Å². The van der Waals surface area contributed by atoms with Gasteiger partial charge in [-0.2, -0.15) is 4.31 Å². The topological polar surface area (TPSA) is 105 Å². The minimum Gasteiger partial charge on any atom is -0.495 e. The Balaban J connectivity index is 1.79. The first-order valence-corrected chi connectivity index (χ1v) is 11.7. The minimum absolute atomic E-state index is 0.00396. The van der Waals surface area contributed by atoms with Gasteiger partial charge in [0.15, 0.2) is 0 Å². The van der Waals surface area contributed by atoms with Crippen molar-refractivity contribution >= 4 is 39.3 Å². The quantitative estimate of drug-likeness (QED) is 0.679. The van der Waals surface area contributed by atoms with Crippen LogP contribution in [0.5, 0.6) is 5.75 Å². The van der Waals surface area contributed by atoms with E-state index in [1.165, 1.54) is 40.6 Å². The van der Waals surface area contributed by atoms with Gasteiger partial charge in [-0.25, -0.2) is 13.2 Å². The van der Waals surface area contributed by atoms with E-state index >= 15 is 0 Å². The number of nitrogens with one attached hydrogen (secondary N) is 1. The van der Waals surface area contributed by atoms with Crippen LogP contribution >= 0.6 is 11.6 Å². The number of benzene rings is 2. The second-order valence-corrected chi connectivity index (χ2v) is 9.29. The summed E-state index contributed by atoms with van der Waals surface area (Å²) in [6.45, 7) is 2.70. The molecule has 1 saturated heterocycles. The van der Waals surface area contributed by atoms with Gasteiger partial charge in [0.1, 0.15) is 5.75 Å². The summed E-state index contributed by atoms with van der Waals surface area (Å²) >= 11 is 5.95. The first-order chi connectivity index (χ1) is 15.3. The van der Waals surface area contributed by atoms with Crippen LogP contribution in [-0.4, -0.2) is 69.5 Å². The molecule has 32 heavy (non-hydrogen) atoms. The van der Waals surface area contributed by atoms with Crippen LogP contribution < -0.4 is 10.1 Å². The maximum absolute atomic E-state index is 13.2. The average molecular weight is 482 g/mol. The molecule has 1 aliphatic rings. The zero-order chi connectivity index (χ0) is 23.3. The Morgan fingerprint density at radius 2 is 1.81 bits per heavy atom. The van der Waals surface area contributed by atoms with Crippen LogP contribution in [-0.2, 0) is 14.8 Å². The molecule has 0 saturated carbocycles. The van der Waals surface area contributed by atoms with E-state index in [4.69, 9.17) is 21.1 Å². The molecule has 3 rings (SSSR count). The normalized spacial score (nSPS) is 14.7. The Kier molecular flexibility index (Phi) is 7.60. The van der Waals surface area contributed by atoms with Gasteiger partial charge in [0.2, 0.25) is 10.0 Å². The first-order valence-electron chi connectivity index (χ1n) is 9.93. The number of hydrogen-bond acceptors (Lipinski definition) is 6. The summed E-state index contributed by atoms with van der Waals surface area (Å²) in [7, 11) is -2.43. The van der Waals surface area contributed by atoms with Crippen LogP contribution in [0.4, 0.5) is 10.5 Å². The van der Waals surface area contributed by atoms with E-state index in [-0.39, 0.29) is 43.4 Å². The molecule has 1 fully saturated rings. The van der Waals surface area contributed by atoms with Gasteiger partial charge in [0.05, 0.1) is 24.3 Å². The molecule has 2 amide bonds. The van der Waals surface area contributed by atoms with Gasteiger partial charge < -0.3 is 19.7 Å². The van der Waals surface area contributed by atoms with Crippen molar-refractivity contribution in [3.05, 3.63) is 53.1 Å². The summed E-state index contributed by atoms with van der Waals surface area (Å²) in [4.78, 5) is 25.9. The van der Waals surface area contributed by atoms with Crippen LogP contribution in [0.15, 0.2) is 47.4 Å². The average Bonchev–Trinajstić information content (AvgIpc) is 2.79. The highest BCUT2D eigenvalue weighted by atomic mass is 35.5. The van der Waals surface area contributed by atoms with E-state index < -0.39 is 22.0 Å². The molecule has 0 aromatic heterocycles. The molecular weight excluding hydrogens is 458 g/mol. The standard InChI is InChI=1S/C21H24ClN3O6S/c1-3-31-21(27)24-9-11-25(12-10-24)32(28,29)17-7-8-19(30-2)18(14-17)23-20(26)15-5-4-6-16(22)13-15/h4-8,13-14H,3,9-12H2,1-2H3,(H,23,26). The van der Waals surface area contributed by atoms with Crippen LogP contribution in [0.25, 0.3) is 0 Å². The summed E-state index contributed by atoms with van der Waals surface area (Å²) < 4.78 is 37.9. The second-order valence-electron chi connectivity index (χ2n) is 6.92. The van der Waals surface area contributed by atoms with Crippen molar-refractivity contribution in [1.29, 1.82) is 0 Å². The van der Waals surface area contributed by atoms with E-state index in [1.54, 1.807) is 25.1 Å². The molecule has 1 N–H and O–H groups in total. The minimum atomic E-state index is -3.85. The maximum Gasteiger partial charge on any atom is 0.409 e. The predicted octanol–water partition coefficient (Wildman–Crippen LogP) is 3.06. The van der Waals surface area contributed by atoms with Crippen molar-refractivity contribution in [3.8, 4) is 5.75 Å². The Hall–Kier alpha value is -2.82. The van der Waals surface area contributed by atoms with Crippen LogP contribution in [0.1, 0.15) is 17.3 Å². The SMILES string of the molecule is CCOC(=O)N1CCN(S(=O)(=O)c2ccc(OC)c(NC(=O)c3cccc(Cl)c3)c2)CC1. The zero-order valence-corrected chi connectivity index (χ0v) is 19.3. The van der Waals surface area contributed by atoms with Gasteiger partial charge in [-0.15, -0.1) is 0 Å². The smallest absolute Gasteiger partial charge is 0.409 e. The lowest BCUT2D eigenvalue weighted by Gasteiger charge is -2.33. The summed E-state index contributed by atoms with van der Waals surface area (Å²) in [5.74, 6) is -0.144. The third kappa shape index (κ3) is 5.32. The van der Waals surface area contributed by atoms with Crippen molar-refractivity contribution in [2.24, 2.45) is 0 Å². The number of hydrogen-bond donors (Lipinski definition) is 1. The molecule has 2 aromatic carbocycles. The van der Waals surface area contributed by atoms with Crippen LogP contribution in [0, 0.1) is 0 Å². The van der Waals surface area contributed by atoms with E-state index in [0.717, 1.165) is 0 Å². The second kappa shape index (κ2) is 10.2. The van der Waals surface area contributed by atoms with Gasteiger partial charge in [0, 0.05) is 36.8 Å². The molecule has 9 nitrogen and oxygen atoms in total. The van der Waals surface area contributed by atoms with Crippen molar-refractivity contribution in [2.45, 2.75) is 11.8 Å². The van der Waals surface area contributed by atoms with E-state index in [9.17, 15) is 18.0 Å². The molecule has 0 aliphatic carbocycles. The van der Waals surface area contributed by atoms with Crippen molar-refractivity contribution in [2.75, 3.05) is 45.2 Å². The number of methoxy groups -OCH3 is 1. The number of carbonyl (C=O) groups excluding carboxylic acids is 2. The van der Waals surface area contributed by atoms with Gasteiger partial charge in [-0.3, -0.25) is 4.79 Å². The van der Waals surface area contributed by atoms with Crippen LogP contribution in [0.2, 0.25) is 5.02 Å². The molecule has 0 atom stereocenters. The third-order valence-corrected chi connectivity index (χ3v) is 7.04. The number of sulfonamides is 1. The number of piperazine rings is 1. The highest BCUT2D eigenvalue weighted by Crippen LogP contribution is 2.30. The number of nitrogens with zero attached hydrogens (tertiary/aromatic N) is 2. The van der Waals surface area contributed by atoms with Gasteiger partial charge in [0.25, 0.3) is 5.91 Å². The molecule has 0 unspecified atom stereocenters. The van der Waals surface area contributed by atoms with E-state index in [1.807, 2.05) is 0 Å². The number of halogens is 1. The van der Waals surface area contributed by atoms with Crippen LogP contribution in [0.3, 0.4) is 0 Å². The Bertz CT molecular complexity index is 1100. The summed E-state index contributed by atoms with van der Waals surface area (Å²) in [5.41, 5.74) is 0.534. The summed E-state index contributed by atoms with van der Waals surface area (Å²) in [6, 6.07) is 10.6. The fourth-order valence-electron chi connectivity index (χ4n) is 3.24. The van der Waals surface area contributed by atoms with Gasteiger partial charge >= 0.3 is 6.09 Å². The Morgan fingerprint density at radius 3 is 2.44 bits per heavy atom. The van der Waals surface area contributed by atoms with Crippen molar-refractivity contribution in [1.82, 2.24) is 9.21 Å². The molecule has 0 bridgehead atoms. The predicted molar refractivity (Wildman–Crippen MR) is 120 cm³/mol. The monoisotopic (exact) mass is 481 g/mol. The molecule has 1 heterocycles. The van der Waals surface area contributed by atoms with Crippen molar-refractivity contribution in [3.63, 3.8) is 0 Å². The summed E-state index contributed by atoms with van der Waals surface area (Å²) in [5, 5.41) is 3.09. The molecule has 2 aromatic rings. The third-order valence-electron chi connectivity index (χ3n) is 4.91. The number of carbonyl (C=O) groups is 2. The van der Waals surface area contributed by atoms with Gasteiger partial charge in [-0.05, 0) is 43.3 Å². The van der Waals surface area contributed by atoms with Crippen molar-refractivity contribution < 1.29 is 27.5 Å². The molecule has 172 valence electrons. The highest BCUT2D eigenvalue weighted by molar-refractivity contribution is 7.89. The van der Waals surface area contributed by atoms with Gasteiger partial charge in [-0.1, -0.05) is 17.7 Å². The molecule has 1 aliphatic heterocycles. The Morgan fingerprint density at radius 1 is 1.09 bits per heavy atom. The largest absolute Gasteiger partial charge is 0.495 e. The first kappa shape index (κ1) is 23.8. The molecule has 0 spiro atoms. The number of rotatable bonds is 6. The lowest BCUT2D eigenvalue weighted by atomic mass is 10.2. The lowest BCUT2D eigenvalue weighted by molar-refractivity contribution is 0.0933. The number of anilines is 1. The lowest BCUT2D eigenvalue weighted by Crippen LogP contribution is -2.50. The highest BCUT2D eigenvalue weighted by Gasteiger charge is 2.31. The Labute approximate surface area is 191 Å². The fourth-order valence-corrected chi connectivity index (χ4v) is 4.88. The fraction of sp³-hybridized carbons (Fsp3) is 0.333. The summed E-state index contributed by atoms with van der Waals surface area (Å²) in [6.07, 6.45) is -0.458. The molecule has 0 radical (unpaired) electrons. The number of ether oxygens (including phenoxy) is 2. The molecular formula is C21H24ClN3O6S. The number of amides is 2. The zero-order valence-electron chi connectivity index (χ0n) is 17.7.